The van der Waals surface area contributed by atoms with Crippen molar-refractivity contribution >= 4 is 15.9 Å². The van der Waals surface area contributed by atoms with Crippen LogP contribution in [0.2, 0.25) is 0 Å². The molecule has 0 saturated carbocycles. The molecule has 1 aromatic carbocycles. The van der Waals surface area contributed by atoms with Crippen LogP contribution in [0.4, 0.5) is 4.39 Å². The highest BCUT2D eigenvalue weighted by Crippen LogP contribution is 2.29. The van der Waals surface area contributed by atoms with Crippen molar-refractivity contribution in [3.63, 3.8) is 0 Å². The van der Waals surface area contributed by atoms with E-state index in [4.69, 9.17) is 0 Å². The zero-order valence-electron chi connectivity index (χ0n) is 7.84. The maximum Gasteiger partial charge on any atom is 0.0941 e. The normalized spacial score (nSPS) is 26.7. The average Bonchev–Trinajstić information content (AvgIpc) is 2.67. The fourth-order valence-electron chi connectivity index (χ4n) is 2.00. The number of halogens is 2. The van der Waals surface area contributed by atoms with Crippen LogP contribution in [-0.2, 0) is 0 Å². The predicted octanol–water partition coefficient (Wildman–Crippen LogP) is 2.72. The van der Waals surface area contributed by atoms with Gasteiger partial charge in [0.05, 0.1) is 6.67 Å². The van der Waals surface area contributed by atoms with E-state index in [0.717, 1.165) is 17.6 Å². The number of benzene rings is 1. The van der Waals surface area contributed by atoms with Crippen molar-refractivity contribution in [3.8, 4) is 0 Å². The number of hydrogen-bond donors (Lipinski definition) is 1. The second-order valence-corrected chi connectivity index (χ2v) is 4.65. The first-order chi connectivity index (χ1) is 6.81. The summed E-state index contributed by atoms with van der Waals surface area (Å²) in [4.78, 5) is 0. The lowest BCUT2D eigenvalue weighted by Gasteiger charge is -2.15. The zero-order chi connectivity index (χ0) is 9.97. The third-order valence-corrected chi connectivity index (χ3v) is 3.36. The van der Waals surface area contributed by atoms with Crippen molar-refractivity contribution in [2.45, 2.75) is 5.92 Å². The molecule has 1 saturated heterocycles. The van der Waals surface area contributed by atoms with Crippen molar-refractivity contribution in [2.75, 3.05) is 19.8 Å². The van der Waals surface area contributed by atoms with E-state index in [1.54, 1.807) is 0 Å². The summed E-state index contributed by atoms with van der Waals surface area (Å²) in [5, 5.41) is 3.23. The van der Waals surface area contributed by atoms with Crippen LogP contribution in [0.1, 0.15) is 11.5 Å². The molecule has 2 rings (SSSR count). The largest absolute Gasteiger partial charge is 0.316 e. The molecule has 3 heteroatoms. The summed E-state index contributed by atoms with van der Waals surface area (Å²) in [6, 6.07) is 8.18. The first-order valence-electron chi connectivity index (χ1n) is 4.83. The van der Waals surface area contributed by atoms with Gasteiger partial charge in [0.2, 0.25) is 0 Å². The lowest BCUT2D eigenvalue weighted by molar-refractivity contribution is 0.358. The minimum atomic E-state index is -0.228. The Balaban J connectivity index is 2.17. The third-order valence-electron chi connectivity index (χ3n) is 2.84. The van der Waals surface area contributed by atoms with Crippen LogP contribution >= 0.6 is 15.9 Å². The molecule has 1 fully saturated rings. The molecule has 14 heavy (non-hydrogen) atoms. The van der Waals surface area contributed by atoms with E-state index < -0.39 is 0 Å². The van der Waals surface area contributed by atoms with Gasteiger partial charge in [-0.25, -0.2) is 0 Å². The molecule has 0 aromatic heterocycles. The molecule has 0 radical (unpaired) electrons. The summed E-state index contributed by atoms with van der Waals surface area (Å²) in [6.07, 6.45) is 0. The molecule has 0 spiro atoms. The smallest absolute Gasteiger partial charge is 0.0941 e. The molecule has 0 aliphatic carbocycles. The Hall–Kier alpha value is -0.410. The summed E-state index contributed by atoms with van der Waals surface area (Å²) < 4.78 is 13.7. The van der Waals surface area contributed by atoms with Gasteiger partial charge in [-0.05, 0) is 17.7 Å². The second kappa shape index (κ2) is 4.41. The van der Waals surface area contributed by atoms with Crippen molar-refractivity contribution < 1.29 is 4.39 Å². The number of rotatable bonds is 2. The van der Waals surface area contributed by atoms with Gasteiger partial charge in [-0.3, -0.25) is 4.39 Å². The monoisotopic (exact) mass is 257 g/mol. The van der Waals surface area contributed by atoms with Gasteiger partial charge in [0, 0.05) is 29.4 Å². The SMILES string of the molecule is FC[C@@H]1CNC[C@@H]1c1ccc(Br)cc1. The number of nitrogens with one attached hydrogen (secondary N) is 1. The van der Waals surface area contributed by atoms with Crippen molar-refractivity contribution in [2.24, 2.45) is 5.92 Å². The van der Waals surface area contributed by atoms with Crippen molar-refractivity contribution in [1.82, 2.24) is 5.32 Å². The van der Waals surface area contributed by atoms with Gasteiger partial charge < -0.3 is 5.32 Å². The Labute approximate surface area is 91.8 Å². The van der Waals surface area contributed by atoms with E-state index >= 15 is 0 Å². The summed E-state index contributed by atoms with van der Waals surface area (Å²) in [6.45, 7) is 1.47. The van der Waals surface area contributed by atoms with Gasteiger partial charge in [0.1, 0.15) is 0 Å². The highest BCUT2D eigenvalue weighted by atomic mass is 79.9. The molecule has 2 atom stereocenters. The maximum absolute atomic E-state index is 12.7. The van der Waals surface area contributed by atoms with Crippen LogP contribution in [0.3, 0.4) is 0 Å². The lowest BCUT2D eigenvalue weighted by Crippen LogP contribution is -2.12. The fourth-order valence-corrected chi connectivity index (χ4v) is 2.26. The number of alkyl halides is 1. The molecule has 1 aliphatic rings. The van der Waals surface area contributed by atoms with Gasteiger partial charge >= 0.3 is 0 Å². The van der Waals surface area contributed by atoms with Gasteiger partial charge in [0.15, 0.2) is 0 Å². The Morgan fingerprint density at radius 3 is 2.64 bits per heavy atom. The van der Waals surface area contributed by atoms with Crippen LogP contribution < -0.4 is 5.32 Å². The molecule has 76 valence electrons. The Morgan fingerprint density at radius 2 is 2.00 bits per heavy atom. The second-order valence-electron chi connectivity index (χ2n) is 3.73. The van der Waals surface area contributed by atoms with Crippen molar-refractivity contribution in [3.05, 3.63) is 34.3 Å². The summed E-state index contributed by atoms with van der Waals surface area (Å²) in [7, 11) is 0. The van der Waals surface area contributed by atoms with Gasteiger partial charge in [-0.15, -0.1) is 0 Å². The molecular formula is C11H13BrFN. The quantitative estimate of drug-likeness (QED) is 0.860. The Bertz CT molecular complexity index is 299. The summed E-state index contributed by atoms with van der Waals surface area (Å²) in [5.41, 5.74) is 1.24. The van der Waals surface area contributed by atoms with Crippen molar-refractivity contribution in [1.29, 1.82) is 0 Å². The molecular weight excluding hydrogens is 245 g/mol. The first-order valence-corrected chi connectivity index (χ1v) is 5.62. The highest BCUT2D eigenvalue weighted by Gasteiger charge is 2.27. The highest BCUT2D eigenvalue weighted by molar-refractivity contribution is 9.10. The first kappa shape index (κ1) is 10.1. The van der Waals surface area contributed by atoms with Gasteiger partial charge in [-0.1, -0.05) is 28.1 Å². The molecule has 1 N–H and O–H groups in total. The van der Waals surface area contributed by atoms with Crippen LogP contribution in [0.5, 0.6) is 0 Å². The van der Waals surface area contributed by atoms with Crippen LogP contribution in [0.15, 0.2) is 28.7 Å². The van der Waals surface area contributed by atoms with Crippen LogP contribution in [-0.4, -0.2) is 19.8 Å². The number of hydrogen-bond acceptors (Lipinski definition) is 1. The molecule has 1 aliphatic heterocycles. The molecule has 0 amide bonds. The molecule has 1 aromatic rings. The van der Waals surface area contributed by atoms with E-state index in [0.29, 0.717) is 5.92 Å². The fraction of sp³-hybridized carbons (Fsp3) is 0.455. The van der Waals surface area contributed by atoms with Crippen LogP contribution in [0, 0.1) is 5.92 Å². The zero-order valence-corrected chi connectivity index (χ0v) is 9.43. The molecule has 1 heterocycles. The molecule has 1 nitrogen and oxygen atoms in total. The maximum atomic E-state index is 12.7. The summed E-state index contributed by atoms with van der Waals surface area (Å²) in [5.74, 6) is 0.490. The summed E-state index contributed by atoms with van der Waals surface area (Å²) >= 11 is 3.40. The Morgan fingerprint density at radius 1 is 1.29 bits per heavy atom. The predicted molar refractivity (Wildman–Crippen MR) is 59.2 cm³/mol. The van der Waals surface area contributed by atoms with E-state index in [1.165, 1.54) is 5.56 Å². The van der Waals surface area contributed by atoms with Gasteiger partial charge in [0.25, 0.3) is 0 Å². The topological polar surface area (TPSA) is 12.0 Å². The average molecular weight is 258 g/mol. The molecule has 0 bridgehead atoms. The minimum absolute atomic E-state index is 0.149. The van der Waals surface area contributed by atoms with Crippen LogP contribution in [0.25, 0.3) is 0 Å². The Kier molecular flexibility index (Phi) is 3.19. The molecule has 0 unspecified atom stereocenters. The minimum Gasteiger partial charge on any atom is -0.316 e. The van der Waals surface area contributed by atoms with E-state index in [1.807, 2.05) is 12.1 Å². The lowest BCUT2D eigenvalue weighted by atomic mass is 9.90. The van der Waals surface area contributed by atoms with E-state index in [2.05, 4.69) is 33.4 Å². The standard InChI is InChI=1S/C11H13BrFN/c12-10-3-1-8(2-4-10)11-7-14-6-9(11)5-13/h1-4,9,11,14H,5-7H2/t9-,11-/m1/s1. The van der Waals surface area contributed by atoms with E-state index in [-0.39, 0.29) is 12.6 Å². The van der Waals surface area contributed by atoms with E-state index in [9.17, 15) is 4.39 Å². The third kappa shape index (κ3) is 1.98. The van der Waals surface area contributed by atoms with Gasteiger partial charge in [-0.2, -0.15) is 0 Å².